The van der Waals surface area contributed by atoms with Gasteiger partial charge in [-0.15, -0.1) is 10.2 Å². The second kappa shape index (κ2) is 9.99. The van der Waals surface area contributed by atoms with Gasteiger partial charge in [-0.05, 0) is 31.2 Å². The zero-order valence-electron chi connectivity index (χ0n) is 18.1. The highest BCUT2D eigenvalue weighted by Gasteiger charge is 2.37. The number of aromatic nitrogens is 2. The fourth-order valence-corrected chi connectivity index (χ4v) is 6.15. The lowest BCUT2D eigenvalue weighted by Gasteiger charge is -2.34. The van der Waals surface area contributed by atoms with Crippen molar-refractivity contribution in [3.05, 3.63) is 54.1 Å². The number of benzene rings is 2. The normalized spacial score (nSPS) is 15.2. The van der Waals surface area contributed by atoms with E-state index >= 15 is 0 Å². The third-order valence-electron chi connectivity index (χ3n) is 4.81. The third kappa shape index (κ3) is 5.16. The summed E-state index contributed by atoms with van der Waals surface area (Å²) in [6.07, 6.45) is -1.12. The number of sulfonamides is 1. The van der Waals surface area contributed by atoms with Gasteiger partial charge in [0.15, 0.2) is 10.4 Å². The summed E-state index contributed by atoms with van der Waals surface area (Å²) in [5.41, 5.74) is 1.28. The van der Waals surface area contributed by atoms with Gasteiger partial charge in [0.1, 0.15) is 5.75 Å². The summed E-state index contributed by atoms with van der Waals surface area (Å²) in [6.45, 7) is 1.65. The van der Waals surface area contributed by atoms with Crippen LogP contribution >= 0.6 is 23.1 Å². The summed E-state index contributed by atoms with van der Waals surface area (Å²) in [4.78, 5) is 24.4. The lowest BCUT2D eigenvalue weighted by Crippen LogP contribution is -2.48. The van der Waals surface area contributed by atoms with Crippen LogP contribution in [0, 0.1) is 6.92 Å². The molecule has 0 saturated heterocycles. The summed E-state index contributed by atoms with van der Waals surface area (Å²) >= 11 is 2.21. The molecule has 0 fully saturated rings. The van der Waals surface area contributed by atoms with Gasteiger partial charge in [0, 0.05) is 0 Å². The van der Waals surface area contributed by atoms with Crippen LogP contribution < -0.4 is 14.4 Å². The molecule has 178 valence electrons. The van der Waals surface area contributed by atoms with Crippen molar-refractivity contribution in [3.63, 3.8) is 0 Å². The maximum atomic E-state index is 13.4. The number of rotatable bonds is 7. The molecule has 1 N–H and O–H groups in total. The first-order valence-corrected chi connectivity index (χ1v) is 13.2. The largest absolute Gasteiger partial charge is 0.476 e. The number of aryl methyl sites for hydroxylation is 1. The average Bonchev–Trinajstić information content (AvgIpc) is 3.29. The van der Waals surface area contributed by atoms with E-state index in [0.29, 0.717) is 10.0 Å². The molecule has 0 saturated carbocycles. The van der Waals surface area contributed by atoms with Crippen molar-refractivity contribution in [2.45, 2.75) is 22.3 Å². The minimum Gasteiger partial charge on any atom is -0.476 e. The van der Waals surface area contributed by atoms with Gasteiger partial charge in [-0.25, -0.2) is 8.42 Å². The van der Waals surface area contributed by atoms with Crippen molar-refractivity contribution in [1.29, 1.82) is 0 Å². The minimum absolute atomic E-state index is 0.0629. The van der Waals surface area contributed by atoms with E-state index in [2.05, 4.69) is 20.3 Å². The Balaban J connectivity index is 1.54. The molecule has 1 aliphatic heterocycles. The fraction of sp³-hybridized carbons (Fsp3) is 0.238. The van der Waals surface area contributed by atoms with Crippen LogP contribution in [-0.2, 0) is 24.3 Å². The maximum Gasteiger partial charge on any atom is 0.316 e. The summed E-state index contributed by atoms with van der Waals surface area (Å²) in [6, 6.07) is 13.1. The van der Waals surface area contributed by atoms with E-state index in [1.807, 2.05) is 6.92 Å². The van der Waals surface area contributed by atoms with Crippen molar-refractivity contribution in [3.8, 4) is 5.75 Å². The number of fused-ring (bicyclic) bond motifs is 1. The average molecular weight is 521 g/mol. The second-order valence-corrected chi connectivity index (χ2v) is 11.2. The molecule has 0 unspecified atom stereocenters. The van der Waals surface area contributed by atoms with Crippen LogP contribution in [0.1, 0.15) is 5.56 Å². The third-order valence-corrected chi connectivity index (χ3v) is 8.55. The van der Waals surface area contributed by atoms with E-state index in [0.717, 1.165) is 28.7 Å². The predicted molar refractivity (Wildman–Crippen MR) is 128 cm³/mol. The number of thioether (sulfide) groups is 1. The Hall–Kier alpha value is -3.16. The molecule has 1 aromatic heterocycles. The molecule has 1 amide bonds. The standard InChI is InChI=1S/C21H20N4O6S3/c1-13-7-9-14(10-8-13)34(28,29)25-11-17(31-16-6-4-3-5-15(16)25)19(27)22-20-23-24-21(33-20)32-12-18(26)30-2/h3-10,17H,11-12H2,1-2H3,(H,22,23,27)/t17-/m0/s1. The molecule has 4 rings (SSSR count). The highest BCUT2D eigenvalue weighted by atomic mass is 32.2. The van der Waals surface area contributed by atoms with Crippen LogP contribution in [0.4, 0.5) is 10.8 Å². The van der Waals surface area contributed by atoms with E-state index in [-0.39, 0.29) is 28.1 Å². The van der Waals surface area contributed by atoms with E-state index in [1.165, 1.54) is 23.5 Å². The number of ether oxygens (including phenoxy) is 2. The molecule has 13 heteroatoms. The van der Waals surface area contributed by atoms with E-state index in [4.69, 9.17) is 4.74 Å². The zero-order chi connectivity index (χ0) is 24.3. The Kier molecular flexibility index (Phi) is 7.05. The lowest BCUT2D eigenvalue weighted by molar-refractivity contribution is -0.137. The Morgan fingerprint density at radius 1 is 1.21 bits per heavy atom. The van der Waals surface area contributed by atoms with Crippen LogP contribution in [-0.4, -0.2) is 56.0 Å². The number of anilines is 2. The molecular formula is C21H20N4O6S3. The number of para-hydroxylation sites is 2. The molecule has 34 heavy (non-hydrogen) atoms. The molecule has 0 radical (unpaired) electrons. The molecule has 2 aromatic carbocycles. The first-order valence-electron chi connectivity index (χ1n) is 9.97. The Morgan fingerprint density at radius 3 is 2.68 bits per heavy atom. The predicted octanol–water partition coefficient (Wildman–Crippen LogP) is 2.71. The van der Waals surface area contributed by atoms with Crippen LogP contribution in [0.15, 0.2) is 57.8 Å². The number of hydrogen-bond acceptors (Lipinski definition) is 10. The maximum absolute atomic E-state index is 13.4. The number of carbonyl (C=O) groups excluding carboxylic acids is 2. The first-order chi connectivity index (χ1) is 16.3. The Labute approximate surface area is 204 Å². The van der Waals surface area contributed by atoms with Crippen molar-refractivity contribution in [1.82, 2.24) is 10.2 Å². The number of carbonyl (C=O) groups is 2. The molecule has 1 aliphatic rings. The minimum atomic E-state index is -3.94. The molecule has 10 nitrogen and oxygen atoms in total. The molecule has 2 heterocycles. The van der Waals surface area contributed by atoms with Crippen molar-refractivity contribution < 1.29 is 27.5 Å². The monoisotopic (exact) mass is 520 g/mol. The number of hydrogen-bond donors (Lipinski definition) is 1. The Bertz CT molecular complexity index is 1310. The highest BCUT2D eigenvalue weighted by molar-refractivity contribution is 8.01. The van der Waals surface area contributed by atoms with Gasteiger partial charge < -0.3 is 9.47 Å². The van der Waals surface area contributed by atoms with E-state index < -0.39 is 28.0 Å². The summed E-state index contributed by atoms with van der Waals surface area (Å²) in [7, 11) is -2.65. The molecular weight excluding hydrogens is 500 g/mol. The van der Waals surface area contributed by atoms with Gasteiger partial charge in [-0.3, -0.25) is 19.2 Å². The van der Waals surface area contributed by atoms with Crippen LogP contribution in [0.5, 0.6) is 5.75 Å². The van der Waals surface area contributed by atoms with Gasteiger partial charge in [0.05, 0.1) is 30.0 Å². The van der Waals surface area contributed by atoms with E-state index in [9.17, 15) is 18.0 Å². The second-order valence-electron chi connectivity index (χ2n) is 7.15. The molecule has 3 aromatic rings. The Morgan fingerprint density at radius 2 is 1.94 bits per heavy atom. The van der Waals surface area contributed by atoms with Gasteiger partial charge in [-0.1, -0.05) is 52.9 Å². The molecule has 0 aliphatic carbocycles. The van der Waals surface area contributed by atoms with Gasteiger partial charge >= 0.3 is 5.97 Å². The summed E-state index contributed by atoms with van der Waals surface area (Å²) in [5.74, 6) is -0.640. The smallest absolute Gasteiger partial charge is 0.316 e. The molecule has 0 bridgehead atoms. The van der Waals surface area contributed by atoms with E-state index in [1.54, 1.807) is 36.4 Å². The van der Waals surface area contributed by atoms with Crippen molar-refractivity contribution >= 4 is 55.8 Å². The number of methoxy groups -OCH3 is 1. The summed E-state index contributed by atoms with van der Waals surface area (Å²) < 4.78 is 38.9. The lowest BCUT2D eigenvalue weighted by atomic mass is 10.2. The molecule has 0 spiro atoms. The van der Waals surface area contributed by atoms with Gasteiger partial charge in [-0.2, -0.15) is 0 Å². The van der Waals surface area contributed by atoms with Crippen LogP contribution in [0.3, 0.4) is 0 Å². The van der Waals surface area contributed by atoms with Crippen molar-refractivity contribution in [2.24, 2.45) is 0 Å². The first kappa shape index (κ1) is 24.0. The number of esters is 1. The topological polar surface area (TPSA) is 128 Å². The zero-order valence-corrected chi connectivity index (χ0v) is 20.6. The highest BCUT2D eigenvalue weighted by Crippen LogP contribution is 2.37. The van der Waals surface area contributed by atoms with Gasteiger partial charge in [0.25, 0.3) is 15.9 Å². The van der Waals surface area contributed by atoms with Crippen LogP contribution in [0.25, 0.3) is 0 Å². The van der Waals surface area contributed by atoms with Gasteiger partial charge in [0.2, 0.25) is 5.13 Å². The number of amides is 1. The molecule has 1 atom stereocenters. The SMILES string of the molecule is COC(=O)CSc1nnc(NC(=O)[C@@H]2CN(S(=O)(=O)c3ccc(C)cc3)c3ccccc3O2)s1. The van der Waals surface area contributed by atoms with Crippen molar-refractivity contribution in [2.75, 3.05) is 29.0 Å². The number of nitrogens with one attached hydrogen (secondary N) is 1. The number of nitrogens with zero attached hydrogens (tertiary/aromatic N) is 3. The quantitative estimate of drug-likeness (QED) is 0.284. The summed E-state index contributed by atoms with van der Waals surface area (Å²) in [5, 5.41) is 10.6. The fourth-order valence-electron chi connectivity index (χ4n) is 3.09. The van der Waals surface area contributed by atoms with Crippen LogP contribution in [0.2, 0.25) is 0 Å².